The van der Waals surface area contributed by atoms with Gasteiger partial charge in [0.25, 0.3) is 0 Å². The summed E-state index contributed by atoms with van der Waals surface area (Å²) in [5, 5.41) is 5.02. The van der Waals surface area contributed by atoms with E-state index in [9.17, 15) is 13.2 Å². The van der Waals surface area contributed by atoms with Gasteiger partial charge in [0.2, 0.25) is 10.0 Å². The summed E-state index contributed by atoms with van der Waals surface area (Å²) in [6, 6.07) is 2.58. The maximum atomic E-state index is 11.8. The van der Waals surface area contributed by atoms with Gasteiger partial charge in [-0.05, 0) is 31.9 Å². The molecule has 1 aliphatic rings. The van der Waals surface area contributed by atoms with Crippen LogP contribution >= 0.6 is 0 Å². The van der Waals surface area contributed by atoms with Crippen molar-refractivity contribution in [1.29, 1.82) is 0 Å². The number of rotatable bonds is 4. The second kappa shape index (κ2) is 5.76. The van der Waals surface area contributed by atoms with E-state index in [1.54, 1.807) is 13.0 Å². The summed E-state index contributed by atoms with van der Waals surface area (Å²) in [7, 11) is -3.75. The van der Waals surface area contributed by atoms with E-state index in [1.807, 2.05) is 4.90 Å². The predicted octanol–water partition coefficient (Wildman–Crippen LogP) is 0.261. The molecule has 20 heavy (non-hydrogen) atoms. The van der Waals surface area contributed by atoms with Gasteiger partial charge in [0.1, 0.15) is 16.8 Å². The van der Waals surface area contributed by atoms with Gasteiger partial charge in [-0.15, -0.1) is 0 Å². The number of sulfonamides is 1. The molecular formula is C12H17N3O4S. The summed E-state index contributed by atoms with van der Waals surface area (Å²) in [5.74, 6) is 0.273. The quantitative estimate of drug-likeness (QED) is 0.800. The van der Waals surface area contributed by atoms with Gasteiger partial charge in [0.15, 0.2) is 0 Å². The summed E-state index contributed by atoms with van der Waals surface area (Å²) < 4.78 is 27.4. The molecule has 2 N–H and O–H groups in total. The standard InChI is InChI=1S/C12H17N3O4S/c1-2-19-12(16)10-4-3-7-15(10)11-6-5-9(8-14-11)20(13,17)18/h5-6,8,10H,2-4,7H2,1H3,(H2,13,17,18). The van der Waals surface area contributed by atoms with E-state index in [0.29, 0.717) is 25.4 Å². The Labute approximate surface area is 117 Å². The van der Waals surface area contributed by atoms with Crippen LogP contribution in [0.25, 0.3) is 0 Å². The van der Waals surface area contributed by atoms with Crippen LogP contribution in [0.2, 0.25) is 0 Å². The van der Waals surface area contributed by atoms with Crippen LogP contribution in [0.1, 0.15) is 19.8 Å². The Bertz CT molecular complexity index is 585. The largest absolute Gasteiger partial charge is 0.464 e. The summed E-state index contributed by atoms with van der Waals surface area (Å²) in [5.41, 5.74) is 0. The Hall–Kier alpha value is -1.67. The molecule has 0 aliphatic carbocycles. The van der Waals surface area contributed by atoms with Crippen molar-refractivity contribution in [1.82, 2.24) is 4.98 Å². The van der Waals surface area contributed by atoms with Crippen molar-refractivity contribution >= 4 is 21.8 Å². The molecule has 1 aromatic heterocycles. The minimum atomic E-state index is -3.75. The summed E-state index contributed by atoms with van der Waals surface area (Å²) in [6.07, 6.45) is 2.77. The molecule has 0 saturated carbocycles. The van der Waals surface area contributed by atoms with Crippen LogP contribution < -0.4 is 10.0 Å². The molecule has 1 atom stereocenters. The van der Waals surface area contributed by atoms with E-state index in [2.05, 4.69) is 4.98 Å². The molecule has 2 heterocycles. The lowest BCUT2D eigenvalue weighted by Crippen LogP contribution is -2.37. The summed E-state index contributed by atoms with van der Waals surface area (Å²) in [4.78, 5) is 17.7. The average Bonchev–Trinajstić information content (AvgIpc) is 2.87. The van der Waals surface area contributed by atoms with Crippen LogP contribution in [0.15, 0.2) is 23.2 Å². The number of carbonyl (C=O) groups excluding carboxylic acids is 1. The van der Waals surface area contributed by atoms with Crippen LogP contribution in [0.4, 0.5) is 5.82 Å². The first kappa shape index (κ1) is 14.7. The molecule has 7 nitrogen and oxygen atoms in total. The minimum absolute atomic E-state index is 0.0480. The van der Waals surface area contributed by atoms with Gasteiger partial charge in [-0.25, -0.2) is 23.3 Å². The maximum Gasteiger partial charge on any atom is 0.328 e. The second-order valence-corrected chi connectivity index (χ2v) is 6.06. The van der Waals surface area contributed by atoms with Crippen LogP contribution in [-0.2, 0) is 19.6 Å². The molecule has 0 spiro atoms. The highest BCUT2D eigenvalue weighted by atomic mass is 32.2. The molecule has 0 amide bonds. The second-order valence-electron chi connectivity index (χ2n) is 4.50. The number of nitrogens with two attached hydrogens (primary N) is 1. The number of anilines is 1. The van der Waals surface area contributed by atoms with Crippen molar-refractivity contribution in [2.75, 3.05) is 18.1 Å². The highest BCUT2D eigenvalue weighted by Crippen LogP contribution is 2.25. The average molecular weight is 299 g/mol. The highest BCUT2D eigenvalue weighted by Gasteiger charge is 2.32. The fraction of sp³-hybridized carbons (Fsp3) is 0.500. The number of hydrogen-bond donors (Lipinski definition) is 1. The molecule has 1 fully saturated rings. The van der Waals surface area contributed by atoms with Crippen LogP contribution in [0.5, 0.6) is 0 Å². The third-order valence-corrected chi connectivity index (χ3v) is 4.05. The SMILES string of the molecule is CCOC(=O)C1CCCN1c1ccc(S(N)(=O)=O)cn1. The van der Waals surface area contributed by atoms with E-state index < -0.39 is 10.0 Å². The summed E-state index contributed by atoms with van der Waals surface area (Å²) >= 11 is 0. The van der Waals surface area contributed by atoms with Gasteiger partial charge in [0.05, 0.1) is 6.61 Å². The van der Waals surface area contributed by atoms with Gasteiger partial charge >= 0.3 is 5.97 Å². The smallest absolute Gasteiger partial charge is 0.328 e. The molecule has 0 radical (unpaired) electrons. The van der Waals surface area contributed by atoms with E-state index >= 15 is 0 Å². The van der Waals surface area contributed by atoms with Crippen molar-refractivity contribution in [2.45, 2.75) is 30.7 Å². The maximum absolute atomic E-state index is 11.8. The molecular weight excluding hydrogens is 282 g/mol. The fourth-order valence-corrected chi connectivity index (χ4v) is 2.69. The molecule has 0 bridgehead atoms. The number of nitrogens with zero attached hydrogens (tertiary/aromatic N) is 2. The first-order chi connectivity index (χ1) is 9.43. The molecule has 8 heteroatoms. The summed E-state index contributed by atoms with van der Waals surface area (Å²) in [6.45, 7) is 2.78. The Balaban J connectivity index is 2.20. The minimum Gasteiger partial charge on any atom is -0.464 e. The predicted molar refractivity (Wildman–Crippen MR) is 72.6 cm³/mol. The van der Waals surface area contributed by atoms with Crippen molar-refractivity contribution in [2.24, 2.45) is 5.14 Å². The number of pyridine rings is 1. The number of aromatic nitrogens is 1. The van der Waals surface area contributed by atoms with Crippen molar-refractivity contribution in [3.05, 3.63) is 18.3 Å². The van der Waals surface area contributed by atoms with Gasteiger partial charge in [0, 0.05) is 12.7 Å². The lowest BCUT2D eigenvalue weighted by molar-refractivity contribution is -0.144. The van der Waals surface area contributed by atoms with Gasteiger partial charge in [-0.1, -0.05) is 0 Å². The van der Waals surface area contributed by atoms with Crippen LogP contribution in [0, 0.1) is 0 Å². The third kappa shape index (κ3) is 3.07. The molecule has 1 saturated heterocycles. The zero-order valence-corrected chi connectivity index (χ0v) is 12.0. The number of hydrogen-bond acceptors (Lipinski definition) is 6. The van der Waals surface area contributed by atoms with Crippen molar-refractivity contribution in [3.63, 3.8) is 0 Å². The lowest BCUT2D eigenvalue weighted by atomic mass is 10.2. The van der Waals surface area contributed by atoms with E-state index in [0.717, 1.165) is 6.42 Å². The fourth-order valence-electron chi connectivity index (χ4n) is 2.24. The lowest BCUT2D eigenvalue weighted by Gasteiger charge is -2.24. The molecule has 2 rings (SSSR count). The van der Waals surface area contributed by atoms with Crippen LogP contribution in [-0.4, -0.2) is 38.6 Å². The van der Waals surface area contributed by atoms with Gasteiger partial charge < -0.3 is 9.64 Å². The van der Waals surface area contributed by atoms with Crippen LogP contribution in [0.3, 0.4) is 0 Å². The number of esters is 1. The van der Waals surface area contributed by atoms with Gasteiger partial charge in [-0.2, -0.15) is 0 Å². The topological polar surface area (TPSA) is 103 Å². The Morgan fingerprint density at radius 2 is 2.30 bits per heavy atom. The number of carbonyl (C=O) groups is 1. The normalized spacial score (nSPS) is 19.1. The molecule has 1 unspecified atom stereocenters. The number of ether oxygens (including phenoxy) is 1. The van der Waals surface area contributed by atoms with E-state index in [4.69, 9.17) is 9.88 Å². The Kier molecular flexibility index (Phi) is 4.24. The zero-order valence-electron chi connectivity index (χ0n) is 11.2. The van der Waals surface area contributed by atoms with Crippen molar-refractivity contribution < 1.29 is 17.9 Å². The van der Waals surface area contributed by atoms with Crippen molar-refractivity contribution in [3.8, 4) is 0 Å². The monoisotopic (exact) mass is 299 g/mol. The Morgan fingerprint density at radius 1 is 1.55 bits per heavy atom. The van der Waals surface area contributed by atoms with E-state index in [1.165, 1.54) is 12.3 Å². The molecule has 1 aliphatic heterocycles. The van der Waals surface area contributed by atoms with Gasteiger partial charge in [-0.3, -0.25) is 0 Å². The zero-order chi connectivity index (χ0) is 14.8. The first-order valence-corrected chi connectivity index (χ1v) is 7.90. The van der Waals surface area contributed by atoms with E-state index in [-0.39, 0.29) is 16.9 Å². The third-order valence-electron chi connectivity index (χ3n) is 3.16. The number of primary sulfonamides is 1. The molecule has 1 aromatic rings. The molecule has 0 aromatic carbocycles. The first-order valence-electron chi connectivity index (χ1n) is 6.35. The molecule has 110 valence electrons. The highest BCUT2D eigenvalue weighted by molar-refractivity contribution is 7.89. The Morgan fingerprint density at radius 3 is 2.85 bits per heavy atom.